The lowest BCUT2D eigenvalue weighted by atomic mass is 10.1. The van der Waals surface area contributed by atoms with Crippen LogP contribution in [0, 0.1) is 5.82 Å². The van der Waals surface area contributed by atoms with Crippen LogP contribution in [0.15, 0.2) is 66.0 Å². The zero-order chi connectivity index (χ0) is 18.0. The smallest absolute Gasteiger partial charge is 0.268 e. The third-order valence-corrected chi connectivity index (χ3v) is 3.81. The van der Waals surface area contributed by atoms with Gasteiger partial charge in [0, 0.05) is 11.9 Å². The maximum atomic E-state index is 13.7. The minimum atomic E-state index is -0.879. The number of aromatic nitrogens is 1. The maximum Gasteiger partial charge on any atom is 0.268 e. The molecule has 0 aliphatic heterocycles. The number of hydrogen-bond acceptors (Lipinski definition) is 3. The van der Waals surface area contributed by atoms with Crippen molar-refractivity contribution in [2.24, 2.45) is 0 Å². The van der Waals surface area contributed by atoms with Gasteiger partial charge in [-0.15, -0.1) is 6.58 Å². The van der Waals surface area contributed by atoms with Crippen LogP contribution >= 0.6 is 0 Å². The van der Waals surface area contributed by atoms with Gasteiger partial charge in [-0.3, -0.25) is 9.59 Å². The summed E-state index contributed by atoms with van der Waals surface area (Å²) >= 11 is 0. The highest BCUT2D eigenvalue weighted by Gasteiger charge is 2.22. The minimum Gasteiger partial charge on any atom is -0.506 e. The van der Waals surface area contributed by atoms with Crippen molar-refractivity contribution in [2.45, 2.75) is 6.54 Å². The molecule has 0 atom stereocenters. The number of amides is 1. The summed E-state index contributed by atoms with van der Waals surface area (Å²) in [4.78, 5) is 25.2. The quantitative estimate of drug-likeness (QED) is 0.717. The van der Waals surface area contributed by atoms with E-state index in [0.29, 0.717) is 10.9 Å². The largest absolute Gasteiger partial charge is 0.506 e. The Morgan fingerprint density at radius 1 is 1.20 bits per heavy atom. The van der Waals surface area contributed by atoms with Crippen molar-refractivity contribution in [3.05, 3.63) is 82.9 Å². The first-order valence-electron chi connectivity index (χ1n) is 7.56. The summed E-state index contributed by atoms with van der Waals surface area (Å²) in [7, 11) is 0. The molecule has 0 aliphatic carbocycles. The first-order valence-corrected chi connectivity index (χ1v) is 7.56. The van der Waals surface area contributed by atoms with E-state index in [-0.39, 0.29) is 12.2 Å². The van der Waals surface area contributed by atoms with E-state index in [1.807, 2.05) is 0 Å². The van der Waals surface area contributed by atoms with E-state index in [2.05, 4.69) is 11.9 Å². The number of anilines is 1. The number of allylic oxidation sites excluding steroid dienone is 1. The second-order valence-corrected chi connectivity index (χ2v) is 5.38. The molecule has 0 saturated carbocycles. The molecule has 5 nitrogen and oxygen atoms in total. The highest BCUT2D eigenvalue weighted by Crippen LogP contribution is 2.27. The van der Waals surface area contributed by atoms with Crippen molar-refractivity contribution in [2.75, 3.05) is 5.32 Å². The monoisotopic (exact) mass is 338 g/mol. The maximum absolute atomic E-state index is 13.7. The van der Waals surface area contributed by atoms with Gasteiger partial charge in [0.25, 0.3) is 11.5 Å². The summed E-state index contributed by atoms with van der Waals surface area (Å²) in [6.07, 6.45) is 1.52. The molecule has 25 heavy (non-hydrogen) atoms. The minimum absolute atomic E-state index is 0.0743. The summed E-state index contributed by atoms with van der Waals surface area (Å²) in [5.74, 6) is -1.95. The topological polar surface area (TPSA) is 71.3 Å². The van der Waals surface area contributed by atoms with E-state index in [1.54, 1.807) is 30.3 Å². The number of benzene rings is 2. The van der Waals surface area contributed by atoms with Gasteiger partial charge in [0.1, 0.15) is 17.1 Å². The van der Waals surface area contributed by atoms with Crippen LogP contribution in [-0.2, 0) is 6.54 Å². The summed E-state index contributed by atoms with van der Waals surface area (Å²) in [6, 6.07) is 12.3. The predicted molar refractivity (Wildman–Crippen MR) is 94.4 cm³/mol. The second kappa shape index (κ2) is 6.60. The van der Waals surface area contributed by atoms with Gasteiger partial charge in [0.15, 0.2) is 0 Å². The van der Waals surface area contributed by atoms with E-state index >= 15 is 0 Å². The second-order valence-electron chi connectivity index (χ2n) is 5.38. The van der Waals surface area contributed by atoms with Gasteiger partial charge in [-0.1, -0.05) is 30.3 Å². The third kappa shape index (κ3) is 2.89. The molecule has 3 aromatic rings. The van der Waals surface area contributed by atoms with Crippen LogP contribution in [-0.4, -0.2) is 15.6 Å². The Hall–Kier alpha value is -3.41. The fraction of sp³-hybridized carbons (Fsp3) is 0.0526. The number of aromatic hydroxyl groups is 1. The molecule has 2 N–H and O–H groups in total. The molecular weight excluding hydrogens is 323 g/mol. The zero-order valence-corrected chi connectivity index (χ0v) is 13.2. The number of nitrogens with zero attached hydrogens (tertiary/aromatic N) is 1. The highest BCUT2D eigenvalue weighted by atomic mass is 19.1. The number of para-hydroxylation sites is 2. The van der Waals surface area contributed by atoms with Crippen molar-refractivity contribution in [1.82, 2.24) is 4.57 Å². The highest BCUT2D eigenvalue weighted by molar-refractivity contribution is 6.09. The number of halogens is 1. The van der Waals surface area contributed by atoms with Crippen molar-refractivity contribution in [3.8, 4) is 5.75 Å². The SMILES string of the molecule is C=CCn1c(=O)c(C(=O)Nc2ccccc2F)c(O)c2ccccc21. The lowest BCUT2D eigenvalue weighted by Crippen LogP contribution is -2.29. The van der Waals surface area contributed by atoms with Crippen LogP contribution < -0.4 is 10.9 Å². The van der Waals surface area contributed by atoms with Crippen LogP contribution in [0.3, 0.4) is 0 Å². The molecule has 0 saturated heterocycles. The zero-order valence-electron chi connectivity index (χ0n) is 13.2. The molecule has 0 fully saturated rings. The lowest BCUT2D eigenvalue weighted by Gasteiger charge is -2.14. The van der Waals surface area contributed by atoms with E-state index in [1.165, 1.54) is 28.8 Å². The van der Waals surface area contributed by atoms with Gasteiger partial charge in [0.2, 0.25) is 0 Å². The first kappa shape index (κ1) is 16.4. The van der Waals surface area contributed by atoms with Crippen molar-refractivity contribution >= 4 is 22.5 Å². The number of rotatable bonds is 4. The Balaban J connectivity index is 2.19. The number of hydrogen-bond donors (Lipinski definition) is 2. The third-order valence-electron chi connectivity index (χ3n) is 3.81. The number of pyridine rings is 1. The van der Waals surface area contributed by atoms with Crippen LogP contribution in [0.2, 0.25) is 0 Å². The lowest BCUT2D eigenvalue weighted by molar-refractivity contribution is 0.102. The van der Waals surface area contributed by atoms with E-state index in [0.717, 1.165) is 0 Å². The molecule has 2 aromatic carbocycles. The fourth-order valence-corrected chi connectivity index (χ4v) is 2.65. The number of fused-ring (bicyclic) bond motifs is 1. The van der Waals surface area contributed by atoms with Gasteiger partial charge in [-0.2, -0.15) is 0 Å². The molecule has 6 heteroatoms. The van der Waals surface area contributed by atoms with Crippen LogP contribution in [0.25, 0.3) is 10.9 Å². The molecule has 1 amide bonds. The normalized spacial score (nSPS) is 10.6. The molecule has 0 unspecified atom stereocenters. The van der Waals surface area contributed by atoms with Gasteiger partial charge in [-0.05, 0) is 24.3 Å². The Kier molecular flexibility index (Phi) is 4.35. The molecule has 1 aromatic heterocycles. The summed E-state index contributed by atoms with van der Waals surface area (Å²) < 4.78 is 15.1. The molecule has 0 radical (unpaired) electrons. The average Bonchev–Trinajstić information content (AvgIpc) is 2.61. The Morgan fingerprint density at radius 2 is 1.88 bits per heavy atom. The van der Waals surface area contributed by atoms with Crippen molar-refractivity contribution in [1.29, 1.82) is 0 Å². The van der Waals surface area contributed by atoms with E-state index in [9.17, 15) is 19.1 Å². The van der Waals surface area contributed by atoms with Gasteiger partial charge in [0.05, 0.1) is 11.2 Å². The van der Waals surface area contributed by atoms with Crippen LogP contribution in [0.4, 0.5) is 10.1 Å². The van der Waals surface area contributed by atoms with E-state index < -0.39 is 28.6 Å². The molecule has 1 heterocycles. The standard InChI is InChI=1S/C19H15FN2O3/c1-2-11-22-15-10-6-3-7-12(15)17(23)16(19(22)25)18(24)21-14-9-5-4-8-13(14)20/h2-10,23H,1,11H2,(H,21,24). The van der Waals surface area contributed by atoms with E-state index in [4.69, 9.17) is 0 Å². The van der Waals surface area contributed by atoms with Gasteiger partial charge in [-0.25, -0.2) is 4.39 Å². The number of carbonyl (C=O) groups excluding carboxylic acids is 1. The molecule has 0 aliphatic rings. The van der Waals surface area contributed by atoms with Gasteiger partial charge < -0.3 is 15.0 Å². The number of carbonyl (C=O) groups is 1. The molecule has 3 rings (SSSR count). The number of nitrogens with one attached hydrogen (secondary N) is 1. The van der Waals surface area contributed by atoms with Crippen molar-refractivity contribution in [3.63, 3.8) is 0 Å². The summed E-state index contributed by atoms with van der Waals surface area (Å²) in [5.41, 5.74) is -0.712. The Morgan fingerprint density at radius 3 is 2.60 bits per heavy atom. The summed E-state index contributed by atoms with van der Waals surface area (Å²) in [5, 5.41) is 13.1. The van der Waals surface area contributed by atoms with Crippen LogP contribution in [0.5, 0.6) is 5.75 Å². The molecule has 126 valence electrons. The van der Waals surface area contributed by atoms with Crippen molar-refractivity contribution < 1.29 is 14.3 Å². The fourth-order valence-electron chi connectivity index (χ4n) is 2.65. The first-order chi connectivity index (χ1) is 12.0. The summed E-state index contributed by atoms with van der Waals surface area (Å²) in [6.45, 7) is 3.77. The van der Waals surface area contributed by atoms with Gasteiger partial charge >= 0.3 is 0 Å². The molecule has 0 spiro atoms. The average molecular weight is 338 g/mol. The van der Waals surface area contributed by atoms with Crippen LogP contribution in [0.1, 0.15) is 10.4 Å². The Bertz CT molecular complexity index is 1040. The Labute approximate surface area is 142 Å². The predicted octanol–water partition coefficient (Wildman–Crippen LogP) is 3.28. The molecule has 0 bridgehead atoms. The molecular formula is C19H15FN2O3.